The van der Waals surface area contributed by atoms with Crippen LogP contribution in [0, 0.1) is 24.2 Å². The molecule has 10 heteroatoms. The van der Waals surface area contributed by atoms with Gasteiger partial charge < -0.3 is 15.3 Å². The number of nitrogens with one attached hydrogen (secondary N) is 1. The molecule has 0 spiro atoms. The molecule has 3 aromatic rings. The molecule has 1 aliphatic heterocycles. The summed E-state index contributed by atoms with van der Waals surface area (Å²) in [5, 5.41) is 22.5. The molecule has 1 aliphatic carbocycles. The van der Waals surface area contributed by atoms with E-state index in [1.165, 1.54) is 6.07 Å². The van der Waals surface area contributed by atoms with E-state index in [2.05, 4.69) is 21.4 Å². The molecule has 34 heavy (non-hydrogen) atoms. The number of benzene rings is 1. The number of nitrogens with zero attached hydrogens (tertiary/aromatic N) is 5. The fourth-order valence-corrected chi connectivity index (χ4v) is 5.06. The van der Waals surface area contributed by atoms with E-state index in [1.807, 2.05) is 30.9 Å². The largest absolute Gasteiger partial charge is 0.476 e. The standard InChI is InChI=1S/C24H22ClFN6O2/c1-12-7-15(13(2)28-16-3-4-19(25)30-21(16)23(33)34)20-17(8-12)29-18(9-27)22(31-20)32-10-14-5-6-24(14,26)11-32/h3-4,7-8,13-14,28H,5-6,10-11H2,1-2H3,(H,33,34)/t13-,14?,24-/m1/s1. The van der Waals surface area contributed by atoms with E-state index in [1.54, 1.807) is 6.07 Å². The van der Waals surface area contributed by atoms with Gasteiger partial charge in [0, 0.05) is 18.0 Å². The van der Waals surface area contributed by atoms with Crippen molar-refractivity contribution in [3.8, 4) is 6.07 Å². The van der Waals surface area contributed by atoms with Crippen LogP contribution in [0.5, 0.6) is 0 Å². The Morgan fingerprint density at radius 1 is 1.38 bits per heavy atom. The van der Waals surface area contributed by atoms with Crippen molar-refractivity contribution in [2.24, 2.45) is 5.92 Å². The number of aryl methyl sites for hydroxylation is 1. The molecule has 5 rings (SSSR count). The van der Waals surface area contributed by atoms with Gasteiger partial charge in [-0.05, 0) is 50.5 Å². The molecule has 3 heterocycles. The van der Waals surface area contributed by atoms with Crippen molar-refractivity contribution < 1.29 is 14.3 Å². The van der Waals surface area contributed by atoms with Crippen molar-refractivity contribution in [1.82, 2.24) is 15.0 Å². The zero-order valence-electron chi connectivity index (χ0n) is 18.6. The Morgan fingerprint density at radius 2 is 2.18 bits per heavy atom. The predicted octanol–water partition coefficient (Wildman–Crippen LogP) is 4.67. The second kappa shape index (κ2) is 8.06. The third-order valence-electron chi connectivity index (χ3n) is 6.77. The zero-order valence-corrected chi connectivity index (χ0v) is 19.4. The highest BCUT2D eigenvalue weighted by atomic mass is 35.5. The van der Waals surface area contributed by atoms with Crippen LogP contribution in [-0.4, -0.2) is 44.8 Å². The number of hydrogen-bond donors (Lipinski definition) is 2. The maximum atomic E-state index is 15.0. The number of anilines is 2. The molecule has 1 aromatic carbocycles. The number of hydrogen-bond acceptors (Lipinski definition) is 7. The van der Waals surface area contributed by atoms with Crippen LogP contribution in [0.15, 0.2) is 24.3 Å². The van der Waals surface area contributed by atoms with Crippen molar-refractivity contribution in [2.45, 2.75) is 38.4 Å². The van der Waals surface area contributed by atoms with Crippen LogP contribution in [0.3, 0.4) is 0 Å². The van der Waals surface area contributed by atoms with Crippen LogP contribution in [0.1, 0.15) is 53.1 Å². The first-order valence-electron chi connectivity index (χ1n) is 11.0. The summed E-state index contributed by atoms with van der Waals surface area (Å²) in [5.41, 5.74) is 1.90. The number of nitriles is 1. The monoisotopic (exact) mass is 480 g/mol. The molecule has 1 saturated carbocycles. The molecule has 1 unspecified atom stereocenters. The van der Waals surface area contributed by atoms with Crippen LogP contribution in [0.4, 0.5) is 15.9 Å². The Balaban J connectivity index is 1.57. The minimum Gasteiger partial charge on any atom is -0.476 e. The van der Waals surface area contributed by atoms with Crippen molar-refractivity contribution in [3.05, 3.63) is 51.9 Å². The van der Waals surface area contributed by atoms with Gasteiger partial charge in [0.15, 0.2) is 17.2 Å². The van der Waals surface area contributed by atoms with Crippen LogP contribution < -0.4 is 10.2 Å². The molecule has 174 valence electrons. The number of carboxylic acid groups (broad SMARTS) is 1. The number of alkyl halides is 1. The number of pyridine rings is 1. The second-order valence-electron chi connectivity index (χ2n) is 9.08. The Bertz CT molecular complexity index is 1380. The number of carbonyl (C=O) groups is 1. The second-order valence-corrected chi connectivity index (χ2v) is 9.47. The molecule has 0 amide bonds. The van der Waals surface area contributed by atoms with Gasteiger partial charge in [0.2, 0.25) is 0 Å². The molecule has 0 bridgehead atoms. The number of aromatic carboxylic acids is 1. The van der Waals surface area contributed by atoms with E-state index in [0.29, 0.717) is 35.5 Å². The Morgan fingerprint density at radius 3 is 2.79 bits per heavy atom. The lowest BCUT2D eigenvalue weighted by Crippen LogP contribution is -2.42. The van der Waals surface area contributed by atoms with Crippen molar-refractivity contribution in [1.29, 1.82) is 5.26 Å². The van der Waals surface area contributed by atoms with Gasteiger partial charge in [-0.3, -0.25) is 0 Å². The van der Waals surface area contributed by atoms with E-state index < -0.39 is 11.6 Å². The predicted molar refractivity (Wildman–Crippen MR) is 126 cm³/mol. The number of aromatic nitrogens is 3. The Labute approximate surface area is 200 Å². The number of halogens is 2. The average molecular weight is 481 g/mol. The van der Waals surface area contributed by atoms with Crippen LogP contribution in [-0.2, 0) is 0 Å². The molecule has 2 fully saturated rings. The Kier molecular flexibility index (Phi) is 5.29. The van der Waals surface area contributed by atoms with Crippen molar-refractivity contribution in [3.63, 3.8) is 0 Å². The maximum Gasteiger partial charge on any atom is 0.356 e. The number of carboxylic acids is 1. The van der Waals surface area contributed by atoms with Gasteiger partial charge in [-0.15, -0.1) is 0 Å². The third kappa shape index (κ3) is 3.68. The van der Waals surface area contributed by atoms with Gasteiger partial charge in [0.05, 0.1) is 29.3 Å². The van der Waals surface area contributed by atoms with E-state index in [4.69, 9.17) is 16.6 Å². The van der Waals surface area contributed by atoms with Gasteiger partial charge in [0.1, 0.15) is 16.9 Å². The maximum absolute atomic E-state index is 15.0. The van der Waals surface area contributed by atoms with E-state index in [-0.39, 0.29) is 35.0 Å². The first-order chi connectivity index (χ1) is 16.2. The van der Waals surface area contributed by atoms with Crippen LogP contribution in [0.25, 0.3) is 11.0 Å². The summed E-state index contributed by atoms with van der Waals surface area (Å²) in [7, 11) is 0. The highest BCUT2D eigenvalue weighted by Crippen LogP contribution is 2.48. The Hall–Kier alpha value is -3.51. The molecule has 2 N–H and O–H groups in total. The lowest BCUT2D eigenvalue weighted by Gasteiger charge is -2.35. The number of rotatable bonds is 5. The van der Waals surface area contributed by atoms with Gasteiger partial charge in [-0.2, -0.15) is 5.26 Å². The normalized spacial score (nSPS) is 22.1. The minimum absolute atomic E-state index is 0.0403. The first-order valence-corrected chi connectivity index (χ1v) is 11.4. The molecule has 2 aliphatic rings. The minimum atomic E-state index is -1.22. The highest BCUT2D eigenvalue weighted by molar-refractivity contribution is 6.29. The van der Waals surface area contributed by atoms with E-state index in [0.717, 1.165) is 17.5 Å². The lowest BCUT2D eigenvalue weighted by molar-refractivity contribution is 0.0307. The fourth-order valence-electron chi connectivity index (χ4n) is 4.91. The third-order valence-corrected chi connectivity index (χ3v) is 6.98. The number of fused-ring (bicyclic) bond motifs is 2. The summed E-state index contributed by atoms with van der Waals surface area (Å²) in [5.74, 6) is -0.851. The van der Waals surface area contributed by atoms with Gasteiger partial charge in [-0.25, -0.2) is 24.1 Å². The molecule has 1 saturated heterocycles. The van der Waals surface area contributed by atoms with Crippen molar-refractivity contribution >= 4 is 40.1 Å². The van der Waals surface area contributed by atoms with Gasteiger partial charge in [0.25, 0.3) is 0 Å². The molecule has 2 aromatic heterocycles. The van der Waals surface area contributed by atoms with Gasteiger partial charge >= 0.3 is 5.97 Å². The summed E-state index contributed by atoms with van der Waals surface area (Å²) in [6.45, 7) is 4.51. The highest BCUT2D eigenvalue weighted by Gasteiger charge is 2.54. The van der Waals surface area contributed by atoms with Crippen LogP contribution >= 0.6 is 11.6 Å². The fraction of sp³-hybridized carbons (Fsp3) is 0.375. The summed E-state index contributed by atoms with van der Waals surface area (Å²) >= 11 is 5.88. The molecule has 0 radical (unpaired) electrons. The molecular weight excluding hydrogens is 459 g/mol. The summed E-state index contributed by atoms with van der Waals surface area (Å²) < 4.78 is 15.0. The smallest absolute Gasteiger partial charge is 0.356 e. The molecule has 8 nitrogen and oxygen atoms in total. The average Bonchev–Trinajstić information content (AvgIpc) is 3.02. The lowest BCUT2D eigenvalue weighted by atomic mass is 9.74. The SMILES string of the molecule is Cc1cc([C@@H](C)Nc2ccc(Cl)nc2C(=O)O)c2nc(N3CC4CC[C@@]4(F)C3)c(C#N)nc2c1. The zero-order chi connectivity index (χ0) is 24.2. The first kappa shape index (κ1) is 22.3. The summed E-state index contributed by atoms with van der Waals surface area (Å²) in [6.07, 6.45) is 1.37. The summed E-state index contributed by atoms with van der Waals surface area (Å²) in [4.78, 5) is 26.8. The summed E-state index contributed by atoms with van der Waals surface area (Å²) in [6, 6.07) is 8.62. The quantitative estimate of drug-likeness (QED) is 0.506. The molecular formula is C24H22ClFN6O2. The van der Waals surface area contributed by atoms with Crippen LogP contribution in [0.2, 0.25) is 5.15 Å². The van der Waals surface area contributed by atoms with Crippen molar-refractivity contribution in [2.75, 3.05) is 23.3 Å². The molecule has 3 atom stereocenters. The topological polar surface area (TPSA) is 115 Å². The van der Waals surface area contributed by atoms with Gasteiger partial charge in [-0.1, -0.05) is 17.7 Å². The van der Waals surface area contributed by atoms with E-state index in [9.17, 15) is 19.6 Å². The van der Waals surface area contributed by atoms with E-state index >= 15 is 0 Å².